The van der Waals surface area contributed by atoms with Crippen LogP contribution in [-0.4, -0.2) is 67.9 Å². The van der Waals surface area contributed by atoms with Gasteiger partial charge in [-0.1, -0.05) is 0 Å². The van der Waals surface area contributed by atoms with Gasteiger partial charge in [0.15, 0.2) is 0 Å². The van der Waals surface area contributed by atoms with Gasteiger partial charge in [0.25, 0.3) is 0 Å². The molecular weight excluding hydrogens is 342 g/mol. The molecule has 1 N–H and O–H groups in total. The van der Waals surface area contributed by atoms with E-state index in [2.05, 4.69) is 29.5 Å². The van der Waals surface area contributed by atoms with Crippen molar-refractivity contribution in [3.8, 4) is 0 Å². The van der Waals surface area contributed by atoms with Crippen LogP contribution in [0.2, 0.25) is 0 Å². The molecule has 1 saturated heterocycles. The number of pyridine rings is 1. The van der Waals surface area contributed by atoms with Crippen molar-refractivity contribution in [2.75, 3.05) is 54.8 Å². The quantitative estimate of drug-likeness (QED) is 0.822. The van der Waals surface area contributed by atoms with E-state index in [1.54, 1.807) is 24.5 Å². The molecule has 10 heteroatoms. The Bertz CT molecular complexity index is 788. The molecule has 25 heavy (non-hydrogen) atoms. The van der Waals surface area contributed by atoms with Crippen molar-refractivity contribution in [1.29, 1.82) is 0 Å². The van der Waals surface area contributed by atoms with Crippen molar-refractivity contribution in [3.05, 3.63) is 36.8 Å². The van der Waals surface area contributed by atoms with Gasteiger partial charge < -0.3 is 9.80 Å². The Morgan fingerprint density at radius 3 is 2.20 bits per heavy atom. The van der Waals surface area contributed by atoms with E-state index in [4.69, 9.17) is 0 Å². The fraction of sp³-hybridized carbons (Fsp3) is 0.400. The number of aromatic nitrogens is 3. The highest BCUT2D eigenvalue weighted by Crippen LogP contribution is 2.18. The molecule has 2 aromatic rings. The van der Waals surface area contributed by atoms with Gasteiger partial charge in [0.1, 0.15) is 5.82 Å². The maximum atomic E-state index is 11.8. The number of nitrogens with zero attached hydrogens (tertiary/aromatic N) is 6. The van der Waals surface area contributed by atoms with E-state index < -0.39 is 10.2 Å². The minimum Gasteiger partial charge on any atom is -0.353 e. The van der Waals surface area contributed by atoms with Gasteiger partial charge >= 0.3 is 10.2 Å². The smallest absolute Gasteiger partial charge is 0.301 e. The minimum atomic E-state index is -3.52. The van der Waals surface area contributed by atoms with E-state index in [9.17, 15) is 8.42 Å². The summed E-state index contributed by atoms with van der Waals surface area (Å²) in [7, 11) is -0.573. The number of anilines is 3. The van der Waals surface area contributed by atoms with E-state index in [0.717, 1.165) is 42.3 Å². The second-order valence-corrected chi connectivity index (χ2v) is 7.70. The standard InChI is InChI=1S/C15H21N7O2S/c1-20(2)25(23,24)19-13-4-5-14(18-12-13)21-8-10-22(11-9-21)15-16-6-3-7-17-15/h3-7,12,19H,8-11H2,1-2H3. The predicted octanol–water partition coefficient (Wildman–Crippen LogP) is 0.416. The summed E-state index contributed by atoms with van der Waals surface area (Å²) in [5, 5.41) is 0. The number of hydrogen-bond donors (Lipinski definition) is 1. The zero-order valence-electron chi connectivity index (χ0n) is 14.2. The lowest BCUT2D eigenvalue weighted by molar-refractivity contribution is 0.527. The summed E-state index contributed by atoms with van der Waals surface area (Å²) in [6.07, 6.45) is 5.01. The lowest BCUT2D eigenvalue weighted by atomic mass is 10.3. The highest BCUT2D eigenvalue weighted by molar-refractivity contribution is 7.90. The van der Waals surface area contributed by atoms with Gasteiger partial charge in [-0.05, 0) is 18.2 Å². The molecule has 0 atom stereocenters. The summed E-state index contributed by atoms with van der Waals surface area (Å²) in [6, 6.07) is 5.34. The third-order valence-corrected chi connectivity index (χ3v) is 5.37. The lowest BCUT2D eigenvalue weighted by Crippen LogP contribution is -2.47. The molecule has 0 aliphatic carbocycles. The maximum Gasteiger partial charge on any atom is 0.301 e. The Labute approximate surface area is 147 Å². The number of nitrogens with one attached hydrogen (secondary N) is 1. The number of rotatable bonds is 5. The van der Waals surface area contributed by atoms with Gasteiger partial charge in [0.05, 0.1) is 11.9 Å². The second-order valence-electron chi connectivity index (χ2n) is 5.82. The molecule has 0 saturated carbocycles. The number of hydrogen-bond acceptors (Lipinski definition) is 7. The van der Waals surface area contributed by atoms with Crippen LogP contribution in [0.15, 0.2) is 36.8 Å². The summed E-state index contributed by atoms with van der Waals surface area (Å²) < 4.78 is 27.2. The van der Waals surface area contributed by atoms with Crippen LogP contribution >= 0.6 is 0 Å². The summed E-state index contributed by atoms with van der Waals surface area (Å²) in [4.78, 5) is 17.2. The van der Waals surface area contributed by atoms with Crippen LogP contribution in [0.4, 0.5) is 17.5 Å². The third-order valence-electron chi connectivity index (χ3n) is 3.91. The van der Waals surface area contributed by atoms with Crippen LogP contribution in [0.5, 0.6) is 0 Å². The molecule has 0 aromatic carbocycles. The van der Waals surface area contributed by atoms with Crippen LogP contribution in [0.1, 0.15) is 0 Å². The first-order valence-corrected chi connectivity index (χ1v) is 9.33. The Kier molecular flexibility index (Phi) is 5.00. The lowest BCUT2D eigenvalue weighted by Gasteiger charge is -2.35. The van der Waals surface area contributed by atoms with Crippen molar-refractivity contribution in [2.45, 2.75) is 0 Å². The average molecular weight is 363 g/mol. The Hall–Kier alpha value is -2.46. The van der Waals surface area contributed by atoms with Gasteiger partial charge in [-0.25, -0.2) is 15.0 Å². The van der Waals surface area contributed by atoms with Gasteiger partial charge in [-0.2, -0.15) is 12.7 Å². The van der Waals surface area contributed by atoms with E-state index in [1.807, 2.05) is 6.07 Å². The molecule has 0 bridgehead atoms. The van der Waals surface area contributed by atoms with Gasteiger partial charge in [-0.3, -0.25) is 4.72 Å². The Balaban J connectivity index is 1.61. The Morgan fingerprint density at radius 1 is 1.00 bits per heavy atom. The molecule has 1 fully saturated rings. The van der Waals surface area contributed by atoms with Crippen LogP contribution in [0.3, 0.4) is 0 Å². The zero-order valence-corrected chi connectivity index (χ0v) is 15.0. The molecule has 3 heterocycles. The highest BCUT2D eigenvalue weighted by atomic mass is 32.2. The van der Waals surface area contributed by atoms with Crippen molar-refractivity contribution in [2.24, 2.45) is 0 Å². The summed E-state index contributed by atoms with van der Waals surface area (Å²) in [5.41, 5.74) is 0.439. The van der Waals surface area contributed by atoms with Gasteiger partial charge in [-0.15, -0.1) is 0 Å². The molecule has 134 valence electrons. The van der Waals surface area contributed by atoms with Crippen molar-refractivity contribution in [1.82, 2.24) is 19.3 Å². The average Bonchev–Trinajstić information content (AvgIpc) is 2.63. The van der Waals surface area contributed by atoms with Gasteiger partial charge in [0, 0.05) is 52.7 Å². The van der Waals surface area contributed by atoms with E-state index in [1.165, 1.54) is 20.3 Å². The van der Waals surface area contributed by atoms with Gasteiger partial charge in [0.2, 0.25) is 5.95 Å². The monoisotopic (exact) mass is 363 g/mol. The fourth-order valence-electron chi connectivity index (χ4n) is 2.46. The molecule has 0 unspecified atom stereocenters. The normalized spacial score (nSPS) is 15.5. The highest BCUT2D eigenvalue weighted by Gasteiger charge is 2.20. The first-order valence-electron chi connectivity index (χ1n) is 7.89. The van der Waals surface area contributed by atoms with Crippen molar-refractivity contribution >= 4 is 27.7 Å². The van der Waals surface area contributed by atoms with Crippen molar-refractivity contribution in [3.63, 3.8) is 0 Å². The molecule has 1 aliphatic heterocycles. The first-order chi connectivity index (χ1) is 12.0. The van der Waals surface area contributed by atoms with Crippen molar-refractivity contribution < 1.29 is 8.42 Å². The van der Waals surface area contributed by atoms with E-state index in [-0.39, 0.29) is 0 Å². The van der Waals surface area contributed by atoms with Crippen LogP contribution in [0.25, 0.3) is 0 Å². The fourth-order valence-corrected chi connectivity index (χ4v) is 3.06. The molecule has 0 amide bonds. The molecule has 0 spiro atoms. The largest absolute Gasteiger partial charge is 0.353 e. The molecule has 2 aromatic heterocycles. The summed E-state index contributed by atoms with van der Waals surface area (Å²) in [5.74, 6) is 1.56. The number of piperazine rings is 1. The van der Waals surface area contributed by atoms with Crippen LogP contribution < -0.4 is 14.5 Å². The second kappa shape index (κ2) is 7.19. The molecule has 1 aliphatic rings. The summed E-state index contributed by atoms with van der Waals surface area (Å²) >= 11 is 0. The van der Waals surface area contributed by atoms with Crippen LogP contribution in [-0.2, 0) is 10.2 Å². The van der Waals surface area contributed by atoms with Crippen LogP contribution in [0, 0.1) is 0 Å². The molecule has 0 radical (unpaired) electrons. The molecule has 9 nitrogen and oxygen atoms in total. The third kappa shape index (κ3) is 4.15. The zero-order chi connectivity index (χ0) is 17.9. The summed E-state index contributed by atoms with van der Waals surface area (Å²) in [6.45, 7) is 3.21. The maximum absolute atomic E-state index is 11.8. The van der Waals surface area contributed by atoms with E-state index in [0.29, 0.717) is 5.69 Å². The first kappa shape index (κ1) is 17.4. The topological polar surface area (TPSA) is 94.6 Å². The predicted molar refractivity (Wildman–Crippen MR) is 96.9 cm³/mol. The SMILES string of the molecule is CN(C)S(=O)(=O)Nc1ccc(N2CCN(c3ncccn3)CC2)nc1. The molecular formula is C15H21N7O2S. The molecule has 3 rings (SSSR count). The van der Waals surface area contributed by atoms with E-state index >= 15 is 0 Å². The Morgan fingerprint density at radius 2 is 1.64 bits per heavy atom. The minimum absolute atomic E-state index is 0.439.